The lowest BCUT2D eigenvalue weighted by Crippen LogP contribution is -2.50. The molecule has 3 N–H and O–H groups in total. The number of nitrogen functional groups attached to an aromatic ring is 1. The molecule has 17 heteroatoms. The van der Waals surface area contributed by atoms with Crippen LogP contribution in [0, 0.1) is 29.1 Å². The molecule has 0 bridgehead atoms. The van der Waals surface area contributed by atoms with Gasteiger partial charge in [-0.3, -0.25) is 18.9 Å². The van der Waals surface area contributed by atoms with E-state index in [1.165, 1.54) is 29.8 Å². The smallest absolute Gasteiger partial charge is 0.459 e. The predicted octanol–water partition coefficient (Wildman–Crippen LogP) is 4.54. The summed E-state index contributed by atoms with van der Waals surface area (Å²) in [7, 11) is -4.57. The van der Waals surface area contributed by atoms with Crippen LogP contribution in [0.1, 0.15) is 59.3 Å². The topological polar surface area (TPSA) is 212 Å². The molecule has 2 saturated heterocycles. The van der Waals surface area contributed by atoms with Crippen LogP contribution in [0.3, 0.4) is 0 Å². The molecule has 2 aliphatic heterocycles. The van der Waals surface area contributed by atoms with Crippen molar-refractivity contribution < 1.29 is 51.7 Å². The van der Waals surface area contributed by atoms with E-state index < -0.39 is 74.1 Å². The van der Waals surface area contributed by atoms with Crippen molar-refractivity contribution in [2.24, 2.45) is 17.8 Å². The Morgan fingerprint density at radius 1 is 1.02 bits per heavy atom. The second-order valence-corrected chi connectivity index (χ2v) is 15.4. The summed E-state index contributed by atoms with van der Waals surface area (Å²) in [6, 6.07) is 13.8. The zero-order chi connectivity index (χ0) is 38.3. The van der Waals surface area contributed by atoms with E-state index in [9.17, 15) is 24.2 Å². The Morgan fingerprint density at radius 3 is 2.36 bits per heavy atom. The van der Waals surface area contributed by atoms with Crippen LogP contribution in [0.2, 0.25) is 0 Å². The van der Waals surface area contributed by atoms with Crippen molar-refractivity contribution in [3.05, 3.63) is 60.4 Å². The second-order valence-electron chi connectivity index (χ2n) is 13.7. The first-order valence-electron chi connectivity index (χ1n) is 17.5. The number of nitrogens with one attached hydrogen (secondary N) is 1. The maximum Gasteiger partial charge on any atom is 0.459 e. The number of carbonyl (C=O) groups is 3. The summed E-state index contributed by atoms with van der Waals surface area (Å²) in [5, 5.41) is 17.9. The molecule has 6 atom stereocenters. The summed E-state index contributed by atoms with van der Waals surface area (Å²) >= 11 is 0. The van der Waals surface area contributed by atoms with Gasteiger partial charge in [0.2, 0.25) is 5.60 Å². The molecule has 1 aromatic carbocycles. The fraction of sp³-hybridized carbons (Fsp3) is 0.528. The van der Waals surface area contributed by atoms with Crippen molar-refractivity contribution in [2.45, 2.75) is 77.4 Å². The summed E-state index contributed by atoms with van der Waals surface area (Å²) in [5.41, 5.74) is 5.16. The van der Waals surface area contributed by atoms with Gasteiger partial charge in [0.05, 0.1) is 35.3 Å². The van der Waals surface area contributed by atoms with Crippen molar-refractivity contribution in [1.82, 2.24) is 14.7 Å². The van der Waals surface area contributed by atoms with Gasteiger partial charge in [0, 0.05) is 19.4 Å². The van der Waals surface area contributed by atoms with Crippen LogP contribution in [-0.2, 0) is 47.2 Å². The van der Waals surface area contributed by atoms with E-state index in [0.29, 0.717) is 30.1 Å². The average Bonchev–Trinajstić information content (AvgIpc) is 3.70. The highest BCUT2D eigenvalue weighted by molar-refractivity contribution is 7.52. The summed E-state index contributed by atoms with van der Waals surface area (Å²) in [6.45, 7) is 8.32. The summed E-state index contributed by atoms with van der Waals surface area (Å²) in [5.74, 6) is -3.12. The first-order valence-corrected chi connectivity index (χ1v) is 19.0. The molecule has 0 saturated carbocycles. The number of benzene rings is 1. The molecule has 0 spiro atoms. The number of carbonyl (C=O) groups excluding carboxylic acids is 3. The number of ether oxygens (including phenoxy) is 5. The Morgan fingerprint density at radius 2 is 1.70 bits per heavy atom. The molecule has 5 rings (SSSR count). The minimum Gasteiger partial charge on any atom is -0.464 e. The quantitative estimate of drug-likeness (QED) is 0.124. The van der Waals surface area contributed by atoms with Crippen LogP contribution in [0.25, 0.3) is 5.52 Å². The van der Waals surface area contributed by atoms with Gasteiger partial charge in [0.25, 0.3) is 0 Å². The fourth-order valence-corrected chi connectivity index (χ4v) is 7.28. The highest BCUT2D eigenvalue weighted by Gasteiger charge is 2.62. The predicted molar refractivity (Wildman–Crippen MR) is 189 cm³/mol. The van der Waals surface area contributed by atoms with Gasteiger partial charge >= 0.3 is 25.7 Å². The Hall–Kier alpha value is -4.52. The number of fused-ring (bicyclic) bond motifs is 1. The number of hydrogen-bond donors (Lipinski definition) is 2. The van der Waals surface area contributed by atoms with Gasteiger partial charge < -0.3 is 33.9 Å². The molecule has 0 radical (unpaired) electrons. The first kappa shape index (κ1) is 39.7. The van der Waals surface area contributed by atoms with Crippen LogP contribution < -0.4 is 15.3 Å². The largest absolute Gasteiger partial charge is 0.464 e. The summed E-state index contributed by atoms with van der Waals surface area (Å²) in [4.78, 5) is 39.5. The first-order chi connectivity index (χ1) is 25.3. The second kappa shape index (κ2) is 17.1. The third-order valence-electron chi connectivity index (χ3n) is 8.85. The van der Waals surface area contributed by atoms with E-state index in [4.69, 9.17) is 38.5 Å². The van der Waals surface area contributed by atoms with Gasteiger partial charge in [0.1, 0.15) is 30.6 Å². The maximum atomic E-state index is 14.6. The molecular formula is C36H46N5O11P. The number of hydrogen-bond acceptors (Lipinski definition) is 14. The minimum atomic E-state index is -4.57. The normalized spacial score (nSPS) is 23.6. The van der Waals surface area contributed by atoms with Crippen LogP contribution >= 0.6 is 7.75 Å². The highest BCUT2D eigenvalue weighted by atomic mass is 31.2. The van der Waals surface area contributed by atoms with E-state index in [1.807, 2.05) is 6.07 Å². The Bertz CT molecular complexity index is 1840. The van der Waals surface area contributed by atoms with Crippen LogP contribution in [0.15, 0.2) is 54.7 Å². The lowest BCUT2D eigenvalue weighted by atomic mass is 9.95. The molecule has 16 nitrogen and oxygen atoms in total. The molecule has 286 valence electrons. The maximum absolute atomic E-state index is 14.6. The summed E-state index contributed by atoms with van der Waals surface area (Å²) < 4.78 is 57.0. The van der Waals surface area contributed by atoms with Crippen molar-refractivity contribution in [3.8, 4) is 11.8 Å². The van der Waals surface area contributed by atoms with Crippen molar-refractivity contribution in [2.75, 3.05) is 32.2 Å². The molecule has 0 amide bonds. The molecule has 2 aliphatic rings. The number of rotatable bonds is 15. The van der Waals surface area contributed by atoms with Crippen LogP contribution in [0.4, 0.5) is 5.69 Å². The SMILES string of the molecule is CC(C)C(=O)O[C@H]1[C@H](c2ccc3c(N)ccnn23)O[C@](C#N)(CO[P@@](=O)(N[C@@H](C)C(=O)OCC2CCOCC2)Oc2ccccc2)[C@H]1OC(=O)C(C)C. The Kier molecular flexibility index (Phi) is 12.8. The lowest BCUT2D eigenvalue weighted by molar-refractivity contribution is -0.173. The van der Waals surface area contributed by atoms with E-state index >= 15 is 0 Å². The van der Waals surface area contributed by atoms with Crippen molar-refractivity contribution in [1.29, 1.82) is 5.26 Å². The standard InChI is InChI=1S/C36H46N5O11P/c1-22(2)33(42)49-31-30(29-12-11-28-27(38)13-16-39-41(28)29)51-36(20-37,32(31)50-34(43)23(3)4)21-48-53(45,52-26-9-7-6-8-10-26)40-24(5)35(44)47-19-25-14-17-46-18-15-25/h6-13,16,22-25,30-32H,14-15,17-19,21,38H2,1-5H3,(H,40,45)/t24-,30-,31-,32-,36+,53-/m0/s1. The van der Waals surface area contributed by atoms with Gasteiger partial charge in [-0.15, -0.1) is 0 Å². The van der Waals surface area contributed by atoms with Gasteiger partial charge in [-0.2, -0.15) is 15.4 Å². The molecule has 3 aromatic rings. The Balaban J connectivity index is 1.49. The van der Waals surface area contributed by atoms with Crippen LogP contribution in [0.5, 0.6) is 5.75 Å². The van der Waals surface area contributed by atoms with E-state index in [1.54, 1.807) is 64.1 Å². The molecule has 0 aliphatic carbocycles. The molecule has 0 unspecified atom stereocenters. The minimum absolute atomic E-state index is 0.122. The van der Waals surface area contributed by atoms with Gasteiger partial charge in [0.15, 0.2) is 12.2 Å². The molecule has 4 heterocycles. The number of nitrogens with zero attached hydrogens (tertiary/aromatic N) is 3. The number of para-hydroxylation sites is 1. The number of anilines is 1. The van der Waals surface area contributed by atoms with Gasteiger partial charge in [-0.05, 0) is 56.0 Å². The molecule has 53 heavy (non-hydrogen) atoms. The molecule has 2 fully saturated rings. The fourth-order valence-electron chi connectivity index (χ4n) is 5.76. The van der Waals surface area contributed by atoms with Crippen molar-refractivity contribution in [3.63, 3.8) is 0 Å². The number of nitrogens with two attached hydrogens (primary N) is 1. The average molecular weight is 756 g/mol. The zero-order valence-electron chi connectivity index (χ0n) is 30.3. The van der Waals surface area contributed by atoms with Crippen molar-refractivity contribution >= 4 is 36.9 Å². The monoisotopic (exact) mass is 755 g/mol. The van der Waals surface area contributed by atoms with E-state index in [-0.39, 0.29) is 18.3 Å². The van der Waals surface area contributed by atoms with Crippen LogP contribution in [-0.4, -0.2) is 77.8 Å². The number of nitriles is 1. The third kappa shape index (κ3) is 9.35. The van der Waals surface area contributed by atoms with E-state index in [2.05, 4.69) is 10.2 Å². The lowest BCUT2D eigenvalue weighted by Gasteiger charge is -2.31. The molecular weight excluding hydrogens is 709 g/mol. The van der Waals surface area contributed by atoms with E-state index in [0.717, 1.165) is 12.8 Å². The zero-order valence-corrected chi connectivity index (χ0v) is 31.2. The third-order valence-corrected chi connectivity index (χ3v) is 10.5. The number of esters is 3. The molecule has 2 aromatic heterocycles. The van der Waals surface area contributed by atoms with Gasteiger partial charge in [-0.1, -0.05) is 45.9 Å². The Labute approximate surface area is 307 Å². The summed E-state index contributed by atoms with van der Waals surface area (Å²) in [6.07, 6.45) is -1.32. The highest BCUT2D eigenvalue weighted by Crippen LogP contribution is 2.50. The van der Waals surface area contributed by atoms with Gasteiger partial charge in [-0.25, -0.2) is 9.08 Å². The number of aromatic nitrogens is 2.